The molecule has 53 heavy (non-hydrogen) atoms. The van der Waals surface area contributed by atoms with Crippen molar-refractivity contribution in [1.29, 1.82) is 0 Å². The van der Waals surface area contributed by atoms with Gasteiger partial charge in [-0.05, 0) is 0 Å². The summed E-state index contributed by atoms with van der Waals surface area (Å²) in [7, 11) is 0. The van der Waals surface area contributed by atoms with Gasteiger partial charge in [-0.3, -0.25) is 0 Å². The molecule has 2 radical (unpaired) electrons. The predicted molar refractivity (Wildman–Crippen MR) is 189 cm³/mol. The van der Waals surface area contributed by atoms with E-state index >= 15 is 0 Å². The number of benzene rings is 6. The minimum Gasteiger partial charge on any atom is -0.849 e. The van der Waals surface area contributed by atoms with Crippen LogP contribution in [0.3, 0.4) is 0 Å². The van der Waals surface area contributed by atoms with Gasteiger partial charge in [0.05, 0.1) is 0 Å². The van der Waals surface area contributed by atoms with Crippen molar-refractivity contribution in [2.24, 2.45) is 0 Å². The van der Waals surface area contributed by atoms with Crippen molar-refractivity contribution in [2.75, 3.05) is 0 Å². The van der Waals surface area contributed by atoms with Crippen LogP contribution in [0, 0.1) is 0 Å². The van der Waals surface area contributed by atoms with Crippen LogP contribution in [-0.2, 0) is 34.1 Å². The van der Waals surface area contributed by atoms with E-state index in [9.17, 15) is 30.6 Å². The molecule has 0 bridgehead atoms. The van der Waals surface area contributed by atoms with E-state index in [-0.39, 0.29) is 53.4 Å². The third-order valence-electron chi connectivity index (χ3n) is 8.31. The molecule has 0 fully saturated rings. The predicted octanol–water partition coefficient (Wildman–Crippen LogP) is 4.73. The summed E-state index contributed by atoms with van der Waals surface area (Å²) < 4.78 is 0. The Morgan fingerprint density at radius 1 is 0.226 bits per heavy atom. The topological polar surface area (TPSA) is 138 Å². The maximum absolute atomic E-state index is 11.9. The second-order valence-corrected chi connectivity index (χ2v) is 12.1. The monoisotopic (exact) mass is 790 g/mol. The summed E-state index contributed by atoms with van der Waals surface area (Å²) in [4.78, 5) is 0. The quantitative estimate of drug-likeness (QED) is 0.165. The van der Waals surface area contributed by atoms with Crippen LogP contribution in [0.4, 0.5) is 0 Å². The molecule has 0 saturated carbocycles. The Morgan fingerprint density at radius 3 is 0.453 bits per heavy atom. The summed E-state index contributed by atoms with van der Waals surface area (Å²) in [6.45, 7) is 0. The zero-order valence-corrected chi connectivity index (χ0v) is 31.3. The molecule has 8 heteroatoms. The molecule has 0 amide bonds. The largest absolute Gasteiger partial charge is 3.00 e. The SMILES string of the molecule is [Fe+3].[Fe+3].[O-]C(CC([O-])c1ccccc1)c1ccccc1.[O-]C(CC([O-])c1ccccc1)c1ccccc1.[O-]C(CC([O-])c1ccccc1)c1ccccc1. The molecule has 0 aliphatic heterocycles. The molecule has 0 heterocycles. The molecular formula is C45H42Fe2O6. The Bertz CT molecular complexity index is 1410. The zero-order valence-electron chi connectivity index (χ0n) is 29.1. The summed E-state index contributed by atoms with van der Waals surface area (Å²) in [6, 6.07) is 54.3. The minimum absolute atomic E-state index is 0. The van der Waals surface area contributed by atoms with Crippen LogP contribution in [-0.4, -0.2) is 0 Å². The van der Waals surface area contributed by atoms with E-state index in [1.54, 1.807) is 72.8 Å². The number of rotatable bonds is 12. The Balaban J connectivity index is 0.000000270. The van der Waals surface area contributed by atoms with E-state index < -0.39 is 36.6 Å². The average Bonchev–Trinajstić information content (AvgIpc) is 3.20. The molecule has 6 nitrogen and oxygen atoms in total. The second kappa shape index (κ2) is 25.2. The molecule has 0 saturated heterocycles. The van der Waals surface area contributed by atoms with E-state index in [1.807, 2.05) is 109 Å². The van der Waals surface area contributed by atoms with Gasteiger partial charge in [-0.15, -0.1) is 36.6 Å². The van der Waals surface area contributed by atoms with Crippen LogP contribution >= 0.6 is 0 Å². The van der Waals surface area contributed by atoms with Crippen LogP contribution in [0.15, 0.2) is 182 Å². The van der Waals surface area contributed by atoms with Crippen LogP contribution < -0.4 is 30.6 Å². The molecule has 0 aliphatic carbocycles. The molecule has 6 unspecified atom stereocenters. The second-order valence-electron chi connectivity index (χ2n) is 12.1. The fourth-order valence-corrected chi connectivity index (χ4v) is 5.41. The van der Waals surface area contributed by atoms with Gasteiger partial charge in [-0.1, -0.05) is 235 Å². The van der Waals surface area contributed by atoms with Gasteiger partial charge >= 0.3 is 34.1 Å². The summed E-state index contributed by atoms with van der Waals surface area (Å²) in [5, 5.41) is 71.5. The van der Waals surface area contributed by atoms with Crippen LogP contribution in [0.2, 0.25) is 0 Å². The Kier molecular flexibility index (Phi) is 21.5. The summed E-state index contributed by atoms with van der Waals surface area (Å²) >= 11 is 0. The maximum atomic E-state index is 11.9. The molecule has 6 aromatic rings. The van der Waals surface area contributed by atoms with Gasteiger partial charge in [-0.2, -0.15) is 0 Å². The third-order valence-corrected chi connectivity index (χ3v) is 8.31. The Morgan fingerprint density at radius 2 is 0.340 bits per heavy atom. The molecule has 0 aliphatic rings. The van der Waals surface area contributed by atoms with Crippen molar-refractivity contribution in [3.8, 4) is 0 Å². The standard InChI is InChI=1S/3C15H14O2.2Fe/c3*16-14(12-7-3-1-4-8-12)11-15(17)13-9-5-2-6-10-13;;/h3*1-10,14-15H,11H2;;/q3*-2;2*+3. The zero-order chi connectivity index (χ0) is 36.3. The van der Waals surface area contributed by atoms with Crippen molar-refractivity contribution in [3.63, 3.8) is 0 Å². The number of hydrogen-bond donors (Lipinski definition) is 0. The van der Waals surface area contributed by atoms with Crippen LogP contribution in [0.5, 0.6) is 0 Å². The van der Waals surface area contributed by atoms with Crippen molar-refractivity contribution in [3.05, 3.63) is 215 Å². The first kappa shape index (κ1) is 45.3. The van der Waals surface area contributed by atoms with E-state index in [4.69, 9.17) is 0 Å². The summed E-state index contributed by atoms with van der Waals surface area (Å²) in [5.74, 6) is 0. The third kappa shape index (κ3) is 15.9. The Labute approximate surface area is 334 Å². The van der Waals surface area contributed by atoms with Crippen molar-refractivity contribution < 1.29 is 64.8 Å². The minimum atomic E-state index is -0.945. The Hall–Kier alpha value is -3.88. The molecular weight excluding hydrogens is 748 g/mol. The molecule has 6 aromatic carbocycles. The van der Waals surface area contributed by atoms with Crippen LogP contribution in [0.1, 0.15) is 89.3 Å². The first-order valence-corrected chi connectivity index (χ1v) is 17.1. The molecule has 0 N–H and O–H groups in total. The van der Waals surface area contributed by atoms with Gasteiger partial charge in [0.2, 0.25) is 0 Å². The molecule has 0 aromatic heterocycles. The average molecular weight is 791 g/mol. The van der Waals surface area contributed by atoms with Gasteiger partial charge in [0, 0.05) is 0 Å². The van der Waals surface area contributed by atoms with E-state index in [0.29, 0.717) is 33.4 Å². The summed E-state index contributed by atoms with van der Waals surface area (Å²) in [6.07, 6.45) is -5.40. The molecule has 274 valence electrons. The van der Waals surface area contributed by atoms with Crippen LogP contribution in [0.25, 0.3) is 0 Å². The number of hydrogen-bond acceptors (Lipinski definition) is 6. The smallest absolute Gasteiger partial charge is 0.849 e. The fourth-order valence-electron chi connectivity index (χ4n) is 5.41. The van der Waals surface area contributed by atoms with E-state index in [1.165, 1.54) is 0 Å². The summed E-state index contributed by atoms with van der Waals surface area (Å²) in [5.41, 5.74) is 4.11. The van der Waals surface area contributed by atoms with Gasteiger partial charge in [-0.25, -0.2) is 0 Å². The molecule has 6 rings (SSSR count). The normalized spacial score (nSPS) is 13.7. The fraction of sp³-hybridized carbons (Fsp3) is 0.200. The van der Waals surface area contributed by atoms with Crippen molar-refractivity contribution in [1.82, 2.24) is 0 Å². The van der Waals surface area contributed by atoms with Gasteiger partial charge in [0.15, 0.2) is 0 Å². The molecule has 6 atom stereocenters. The van der Waals surface area contributed by atoms with Crippen molar-refractivity contribution in [2.45, 2.75) is 55.9 Å². The van der Waals surface area contributed by atoms with Crippen molar-refractivity contribution >= 4 is 0 Å². The van der Waals surface area contributed by atoms with Gasteiger partial charge in [0.1, 0.15) is 0 Å². The first-order valence-electron chi connectivity index (χ1n) is 17.1. The maximum Gasteiger partial charge on any atom is 3.00 e. The van der Waals surface area contributed by atoms with E-state index in [2.05, 4.69) is 0 Å². The molecule has 0 spiro atoms. The van der Waals surface area contributed by atoms with E-state index in [0.717, 1.165) is 0 Å². The first-order chi connectivity index (χ1) is 24.8. The van der Waals surface area contributed by atoms with Gasteiger partial charge in [0.25, 0.3) is 0 Å². The van der Waals surface area contributed by atoms with Gasteiger partial charge < -0.3 is 30.6 Å².